The van der Waals surface area contributed by atoms with Crippen molar-refractivity contribution in [2.45, 2.75) is 6.92 Å². The van der Waals surface area contributed by atoms with Crippen molar-refractivity contribution in [1.82, 2.24) is 0 Å². The molecule has 1 aliphatic heterocycles. The maximum atomic E-state index is 12.2. The zero-order chi connectivity index (χ0) is 18.7. The summed E-state index contributed by atoms with van der Waals surface area (Å²) in [5, 5.41) is 3.04. The zero-order valence-corrected chi connectivity index (χ0v) is 14.6. The summed E-state index contributed by atoms with van der Waals surface area (Å²) in [7, 11) is 0. The van der Waals surface area contributed by atoms with Crippen LogP contribution in [-0.4, -0.2) is 30.9 Å². The number of fused-ring (bicyclic) bond motifs is 1. The predicted molar refractivity (Wildman–Crippen MR) is 95.7 cm³/mol. The summed E-state index contributed by atoms with van der Waals surface area (Å²) >= 11 is 5.97. The first-order chi connectivity index (χ1) is 12.4. The van der Waals surface area contributed by atoms with Crippen LogP contribution in [0.4, 0.5) is 11.4 Å². The molecule has 2 aromatic rings. The lowest BCUT2D eigenvalue weighted by molar-refractivity contribution is -0.134. The molecule has 0 aliphatic carbocycles. The van der Waals surface area contributed by atoms with Gasteiger partial charge in [0.1, 0.15) is 18.0 Å². The normalized spacial score (nSPS) is 12.8. The van der Waals surface area contributed by atoms with Crippen molar-refractivity contribution in [2.75, 3.05) is 23.4 Å². The van der Waals surface area contributed by atoms with E-state index in [1.807, 2.05) is 0 Å². The largest absolute Gasteiger partial charge is 0.482 e. The predicted octanol–water partition coefficient (Wildman–Crippen LogP) is 2.63. The highest BCUT2D eigenvalue weighted by Crippen LogP contribution is 2.34. The highest BCUT2D eigenvalue weighted by Gasteiger charge is 2.28. The molecule has 2 aromatic carbocycles. The van der Waals surface area contributed by atoms with E-state index >= 15 is 0 Å². The first-order valence-electron chi connectivity index (χ1n) is 7.73. The Bertz CT molecular complexity index is 866. The molecule has 8 heteroatoms. The molecule has 0 saturated carbocycles. The minimum Gasteiger partial charge on any atom is -0.482 e. The van der Waals surface area contributed by atoms with E-state index in [0.717, 1.165) is 0 Å². The Morgan fingerprint density at radius 2 is 1.96 bits per heavy atom. The van der Waals surface area contributed by atoms with Crippen LogP contribution in [-0.2, 0) is 14.4 Å². The molecule has 26 heavy (non-hydrogen) atoms. The maximum absolute atomic E-state index is 12.2. The first kappa shape index (κ1) is 17.8. The SMILES string of the molecule is CC(=O)Nc1ccc(OC(=O)CN2C(=O)COc3ccc(Cl)cc32)cc1. The van der Waals surface area contributed by atoms with Crippen molar-refractivity contribution in [3.8, 4) is 11.5 Å². The quantitative estimate of drug-likeness (QED) is 0.657. The van der Waals surface area contributed by atoms with Gasteiger partial charge in [0, 0.05) is 17.6 Å². The summed E-state index contributed by atoms with van der Waals surface area (Å²) in [4.78, 5) is 36.6. The van der Waals surface area contributed by atoms with Crippen LogP contribution in [0.2, 0.25) is 5.02 Å². The van der Waals surface area contributed by atoms with Gasteiger partial charge in [0.15, 0.2) is 6.61 Å². The molecule has 0 bridgehead atoms. The van der Waals surface area contributed by atoms with Crippen LogP contribution < -0.4 is 19.7 Å². The monoisotopic (exact) mass is 374 g/mol. The molecule has 1 aliphatic rings. The van der Waals surface area contributed by atoms with Crippen LogP contribution in [0.5, 0.6) is 11.5 Å². The Morgan fingerprint density at radius 1 is 1.23 bits per heavy atom. The van der Waals surface area contributed by atoms with Gasteiger partial charge in [-0.25, -0.2) is 4.79 Å². The Morgan fingerprint density at radius 3 is 2.65 bits per heavy atom. The number of ether oxygens (including phenoxy) is 2. The molecule has 1 N–H and O–H groups in total. The smallest absolute Gasteiger partial charge is 0.331 e. The molecule has 0 fully saturated rings. The molecule has 0 aromatic heterocycles. The molecule has 134 valence electrons. The van der Waals surface area contributed by atoms with Gasteiger partial charge < -0.3 is 14.8 Å². The number of nitrogens with one attached hydrogen (secondary N) is 1. The summed E-state index contributed by atoms with van der Waals surface area (Å²) in [6, 6.07) is 11.2. The van der Waals surface area contributed by atoms with Crippen LogP contribution in [0, 0.1) is 0 Å². The van der Waals surface area contributed by atoms with E-state index in [-0.39, 0.29) is 25.0 Å². The topological polar surface area (TPSA) is 84.9 Å². The molecule has 0 spiro atoms. The molecule has 3 rings (SSSR count). The number of anilines is 2. The number of benzene rings is 2. The lowest BCUT2D eigenvalue weighted by atomic mass is 10.2. The van der Waals surface area contributed by atoms with E-state index in [9.17, 15) is 14.4 Å². The molecule has 7 nitrogen and oxygen atoms in total. The summed E-state index contributed by atoms with van der Waals surface area (Å²) in [5.74, 6) is -0.397. The third-order valence-corrected chi connectivity index (χ3v) is 3.79. The fraction of sp³-hybridized carbons (Fsp3) is 0.167. The van der Waals surface area contributed by atoms with Crippen LogP contribution in [0.3, 0.4) is 0 Å². The summed E-state index contributed by atoms with van der Waals surface area (Å²) < 4.78 is 10.6. The fourth-order valence-electron chi connectivity index (χ4n) is 2.45. The highest BCUT2D eigenvalue weighted by molar-refractivity contribution is 6.31. The second kappa shape index (κ2) is 7.45. The van der Waals surface area contributed by atoms with Gasteiger partial charge in [-0.2, -0.15) is 0 Å². The Labute approximate surface area is 154 Å². The minimum atomic E-state index is -0.613. The van der Waals surface area contributed by atoms with Crippen molar-refractivity contribution in [2.24, 2.45) is 0 Å². The van der Waals surface area contributed by atoms with Crippen LogP contribution >= 0.6 is 11.6 Å². The van der Waals surface area contributed by atoms with Crippen molar-refractivity contribution >= 4 is 40.8 Å². The Balaban J connectivity index is 1.69. The van der Waals surface area contributed by atoms with E-state index in [2.05, 4.69) is 5.32 Å². The third kappa shape index (κ3) is 4.12. The van der Waals surface area contributed by atoms with E-state index in [1.54, 1.807) is 42.5 Å². The number of rotatable bonds is 4. The van der Waals surface area contributed by atoms with Gasteiger partial charge in [-0.3, -0.25) is 14.5 Å². The van der Waals surface area contributed by atoms with Crippen LogP contribution in [0.25, 0.3) is 0 Å². The number of esters is 1. The van der Waals surface area contributed by atoms with Crippen molar-refractivity contribution < 1.29 is 23.9 Å². The molecule has 0 unspecified atom stereocenters. The standard InChI is InChI=1S/C18H15ClN2O5/c1-11(22)20-13-3-5-14(6-4-13)26-18(24)9-21-15-8-12(19)2-7-16(15)25-10-17(21)23/h2-8H,9-10H2,1H3,(H,20,22). The number of hydrogen-bond acceptors (Lipinski definition) is 5. The van der Waals surface area contributed by atoms with Gasteiger partial charge in [0.05, 0.1) is 5.69 Å². The lowest BCUT2D eigenvalue weighted by Crippen LogP contribution is -2.43. The molecule has 0 atom stereocenters. The summed E-state index contributed by atoms with van der Waals surface area (Å²) in [6.45, 7) is 0.966. The molecule has 0 radical (unpaired) electrons. The molecule has 0 saturated heterocycles. The molecular weight excluding hydrogens is 360 g/mol. The van der Waals surface area contributed by atoms with Gasteiger partial charge in [-0.1, -0.05) is 11.6 Å². The highest BCUT2D eigenvalue weighted by atomic mass is 35.5. The molecule has 1 heterocycles. The van der Waals surface area contributed by atoms with Crippen molar-refractivity contribution in [3.05, 3.63) is 47.5 Å². The Kier molecular flexibility index (Phi) is 5.09. The first-order valence-corrected chi connectivity index (χ1v) is 8.11. The number of amides is 2. The minimum absolute atomic E-state index is 0.159. The van der Waals surface area contributed by atoms with Crippen molar-refractivity contribution in [3.63, 3.8) is 0 Å². The second-order valence-electron chi connectivity index (χ2n) is 5.56. The average Bonchev–Trinajstić information content (AvgIpc) is 2.59. The van der Waals surface area contributed by atoms with Crippen LogP contribution in [0.15, 0.2) is 42.5 Å². The molecular formula is C18H15ClN2O5. The van der Waals surface area contributed by atoms with Gasteiger partial charge in [-0.15, -0.1) is 0 Å². The molecule has 2 amide bonds. The van der Waals surface area contributed by atoms with Gasteiger partial charge in [0.25, 0.3) is 5.91 Å². The fourth-order valence-corrected chi connectivity index (χ4v) is 2.62. The number of halogens is 1. The van der Waals surface area contributed by atoms with E-state index < -0.39 is 5.97 Å². The van der Waals surface area contributed by atoms with E-state index in [0.29, 0.717) is 27.9 Å². The third-order valence-electron chi connectivity index (χ3n) is 3.56. The number of nitrogens with zero attached hydrogens (tertiary/aromatic N) is 1. The van der Waals surface area contributed by atoms with Crippen LogP contribution in [0.1, 0.15) is 6.92 Å². The van der Waals surface area contributed by atoms with Gasteiger partial charge >= 0.3 is 5.97 Å². The average molecular weight is 375 g/mol. The summed E-state index contributed by atoms with van der Waals surface area (Å²) in [6.07, 6.45) is 0. The zero-order valence-electron chi connectivity index (χ0n) is 13.8. The summed E-state index contributed by atoms with van der Waals surface area (Å²) in [5.41, 5.74) is 1.01. The van der Waals surface area contributed by atoms with E-state index in [4.69, 9.17) is 21.1 Å². The lowest BCUT2D eigenvalue weighted by Gasteiger charge is -2.28. The number of hydrogen-bond donors (Lipinski definition) is 1. The number of carbonyl (C=O) groups excluding carboxylic acids is 3. The van der Waals surface area contributed by atoms with Crippen molar-refractivity contribution in [1.29, 1.82) is 0 Å². The maximum Gasteiger partial charge on any atom is 0.331 e. The van der Waals surface area contributed by atoms with Gasteiger partial charge in [0.2, 0.25) is 5.91 Å². The second-order valence-corrected chi connectivity index (χ2v) is 6.00. The Hall–Kier alpha value is -3.06. The van der Waals surface area contributed by atoms with E-state index in [1.165, 1.54) is 11.8 Å². The van der Waals surface area contributed by atoms with Gasteiger partial charge in [-0.05, 0) is 42.5 Å². The number of carbonyl (C=O) groups is 3.